The van der Waals surface area contributed by atoms with Crippen molar-refractivity contribution in [2.24, 2.45) is 0 Å². The van der Waals surface area contributed by atoms with E-state index < -0.39 is 25.9 Å². The minimum Gasteiger partial charge on any atom is -0.258 e. The molecule has 0 amide bonds. The monoisotopic (exact) mass is 275 g/mol. The van der Waals surface area contributed by atoms with E-state index in [9.17, 15) is 17.2 Å². The van der Waals surface area contributed by atoms with Gasteiger partial charge in [-0.25, -0.2) is 17.2 Å². The second-order valence-corrected chi connectivity index (χ2v) is 5.39. The molecule has 0 atom stereocenters. The zero-order chi connectivity index (χ0) is 11.6. The van der Waals surface area contributed by atoms with Crippen molar-refractivity contribution in [2.45, 2.75) is 17.2 Å². The minimum absolute atomic E-state index is 0.0453. The molecule has 0 spiro atoms. The fourth-order valence-corrected chi connectivity index (χ4v) is 2.30. The SMILES string of the molecule is O=S(=O)(Cl)c1cc(C(F)F)cnc1CCl. The second kappa shape index (κ2) is 4.59. The highest BCUT2D eigenvalue weighted by molar-refractivity contribution is 8.13. The van der Waals surface area contributed by atoms with Crippen molar-refractivity contribution in [3.63, 3.8) is 0 Å². The van der Waals surface area contributed by atoms with Crippen LogP contribution >= 0.6 is 22.3 Å². The van der Waals surface area contributed by atoms with Gasteiger partial charge in [-0.2, -0.15) is 0 Å². The highest BCUT2D eigenvalue weighted by Gasteiger charge is 2.19. The van der Waals surface area contributed by atoms with Gasteiger partial charge >= 0.3 is 0 Å². The van der Waals surface area contributed by atoms with Crippen LogP contribution in [0.2, 0.25) is 0 Å². The first-order valence-corrected chi connectivity index (χ1v) is 6.48. The lowest BCUT2D eigenvalue weighted by Gasteiger charge is -2.05. The van der Waals surface area contributed by atoms with E-state index in [2.05, 4.69) is 4.98 Å². The molecule has 8 heteroatoms. The number of hydrogen-bond acceptors (Lipinski definition) is 3. The van der Waals surface area contributed by atoms with Gasteiger partial charge in [0.05, 0.1) is 11.6 Å². The van der Waals surface area contributed by atoms with Crippen molar-refractivity contribution < 1.29 is 17.2 Å². The molecule has 0 saturated heterocycles. The van der Waals surface area contributed by atoms with E-state index in [1.807, 2.05) is 0 Å². The average molecular weight is 276 g/mol. The molecule has 0 unspecified atom stereocenters. The van der Waals surface area contributed by atoms with Gasteiger partial charge in [-0.1, -0.05) is 0 Å². The van der Waals surface area contributed by atoms with E-state index in [-0.39, 0.29) is 11.6 Å². The van der Waals surface area contributed by atoms with Crippen LogP contribution in [0.15, 0.2) is 17.2 Å². The molecule has 84 valence electrons. The molecule has 0 N–H and O–H groups in total. The number of halogens is 4. The summed E-state index contributed by atoms with van der Waals surface area (Å²) in [7, 11) is 0.938. The highest BCUT2D eigenvalue weighted by Crippen LogP contribution is 2.25. The fourth-order valence-electron chi connectivity index (χ4n) is 0.919. The molecule has 0 aliphatic heterocycles. The lowest BCUT2D eigenvalue weighted by Crippen LogP contribution is -2.01. The van der Waals surface area contributed by atoms with Gasteiger partial charge < -0.3 is 0 Å². The highest BCUT2D eigenvalue weighted by atomic mass is 35.7. The molecule has 0 bridgehead atoms. The molecule has 3 nitrogen and oxygen atoms in total. The average Bonchev–Trinajstić information content (AvgIpc) is 2.15. The summed E-state index contributed by atoms with van der Waals surface area (Å²) in [5.74, 6) is -0.217. The number of rotatable bonds is 3. The van der Waals surface area contributed by atoms with Crippen LogP contribution in [0, 0.1) is 0 Å². The van der Waals surface area contributed by atoms with Crippen molar-refractivity contribution in [3.05, 3.63) is 23.5 Å². The summed E-state index contributed by atoms with van der Waals surface area (Å²) < 4.78 is 46.5. The maximum absolute atomic E-state index is 12.3. The summed E-state index contributed by atoms with van der Waals surface area (Å²) in [5, 5.41) is 0. The predicted octanol–water partition coefficient (Wildman–Crippen LogP) is 2.69. The largest absolute Gasteiger partial charge is 0.265 e. The van der Waals surface area contributed by atoms with Crippen molar-refractivity contribution in [1.82, 2.24) is 4.98 Å². The number of aromatic nitrogens is 1. The lowest BCUT2D eigenvalue weighted by molar-refractivity contribution is 0.150. The Labute approximate surface area is 94.4 Å². The van der Waals surface area contributed by atoms with Crippen LogP contribution in [0.4, 0.5) is 8.78 Å². The van der Waals surface area contributed by atoms with Crippen LogP contribution in [0.25, 0.3) is 0 Å². The zero-order valence-corrected chi connectivity index (χ0v) is 9.45. The summed E-state index contributed by atoms with van der Waals surface area (Å²) >= 11 is 5.40. The van der Waals surface area contributed by atoms with E-state index in [0.29, 0.717) is 0 Å². The van der Waals surface area contributed by atoms with Crippen molar-refractivity contribution in [2.75, 3.05) is 0 Å². The Morgan fingerprint density at radius 3 is 2.47 bits per heavy atom. The Hall–Kier alpha value is -0.460. The van der Waals surface area contributed by atoms with Gasteiger partial charge in [0.15, 0.2) is 0 Å². The third-order valence-electron chi connectivity index (χ3n) is 1.59. The topological polar surface area (TPSA) is 47.0 Å². The molecule has 0 saturated carbocycles. The van der Waals surface area contributed by atoms with Gasteiger partial charge in [-0.05, 0) is 6.07 Å². The maximum Gasteiger partial charge on any atom is 0.265 e. The fraction of sp³-hybridized carbons (Fsp3) is 0.286. The molecule has 1 aromatic heterocycles. The standard InChI is InChI=1S/C7H5Cl2F2NO2S/c8-2-5-6(15(9,13)14)1-4(3-12-5)7(10)11/h1,3,7H,2H2. The molecule has 1 heterocycles. The third kappa shape index (κ3) is 2.99. The first-order chi connectivity index (χ1) is 6.86. The molecule has 15 heavy (non-hydrogen) atoms. The molecular weight excluding hydrogens is 271 g/mol. The van der Waals surface area contributed by atoms with Crippen LogP contribution in [-0.2, 0) is 14.9 Å². The molecule has 0 aliphatic carbocycles. The van der Waals surface area contributed by atoms with Crippen LogP contribution in [0.5, 0.6) is 0 Å². The Kier molecular flexibility index (Phi) is 3.86. The second-order valence-electron chi connectivity index (χ2n) is 2.59. The molecule has 0 aliphatic rings. The third-order valence-corrected chi connectivity index (χ3v) is 3.22. The van der Waals surface area contributed by atoms with Crippen LogP contribution in [0.1, 0.15) is 17.7 Å². The maximum atomic E-state index is 12.3. The summed E-state index contributed by atoms with van der Waals surface area (Å²) in [6.45, 7) is 0. The van der Waals surface area contributed by atoms with E-state index in [1.54, 1.807) is 0 Å². The smallest absolute Gasteiger partial charge is 0.258 e. The van der Waals surface area contributed by atoms with Gasteiger partial charge in [-0.3, -0.25) is 4.98 Å². The normalized spacial score (nSPS) is 12.1. The van der Waals surface area contributed by atoms with E-state index in [1.165, 1.54) is 0 Å². The molecule has 0 fully saturated rings. The molecular formula is C7H5Cl2F2NO2S. The first-order valence-electron chi connectivity index (χ1n) is 3.64. The van der Waals surface area contributed by atoms with Gasteiger partial charge in [0.1, 0.15) is 4.90 Å². The number of alkyl halides is 3. The predicted molar refractivity (Wildman–Crippen MR) is 51.8 cm³/mol. The Morgan fingerprint density at radius 1 is 1.47 bits per heavy atom. The van der Waals surface area contributed by atoms with Crippen LogP contribution in [0.3, 0.4) is 0 Å². The molecule has 1 rings (SSSR count). The first kappa shape index (κ1) is 12.6. The Balaban J connectivity index is 3.39. The number of nitrogens with zero attached hydrogens (tertiary/aromatic N) is 1. The molecule has 0 aromatic carbocycles. The Bertz CT molecular complexity index is 464. The van der Waals surface area contributed by atoms with Crippen molar-refractivity contribution in [1.29, 1.82) is 0 Å². The van der Waals surface area contributed by atoms with E-state index in [4.69, 9.17) is 22.3 Å². The van der Waals surface area contributed by atoms with Gasteiger partial charge in [-0.15, -0.1) is 11.6 Å². The minimum atomic E-state index is -4.11. The summed E-state index contributed by atoms with van der Waals surface area (Å²) in [6, 6.07) is 0.776. The van der Waals surface area contributed by atoms with Gasteiger partial charge in [0.2, 0.25) is 0 Å². The summed E-state index contributed by atoms with van der Waals surface area (Å²) in [5.41, 5.74) is -0.556. The molecule has 1 aromatic rings. The number of hydrogen-bond donors (Lipinski definition) is 0. The van der Waals surface area contributed by atoms with Crippen molar-refractivity contribution >= 4 is 31.3 Å². The lowest BCUT2D eigenvalue weighted by atomic mass is 10.2. The number of pyridine rings is 1. The van der Waals surface area contributed by atoms with Gasteiger partial charge in [0, 0.05) is 22.4 Å². The van der Waals surface area contributed by atoms with Crippen molar-refractivity contribution in [3.8, 4) is 0 Å². The molecule has 0 radical (unpaired) electrons. The summed E-state index contributed by atoms with van der Waals surface area (Å²) in [4.78, 5) is 3.03. The zero-order valence-electron chi connectivity index (χ0n) is 7.12. The van der Waals surface area contributed by atoms with Crippen LogP contribution in [-0.4, -0.2) is 13.4 Å². The quantitative estimate of drug-likeness (QED) is 0.630. The van der Waals surface area contributed by atoms with Crippen LogP contribution < -0.4 is 0 Å². The van der Waals surface area contributed by atoms with E-state index in [0.717, 1.165) is 12.3 Å². The van der Waals surface area contributed by atoms with Gasteiger partial charge in [0.25, 0.3) is 15.5 Å². The van der Waals surface area contributed by atoms with E-state index >= 15 is 0 Å². The summed E-state index contributed by atoms with van der Waals surface area (Å²) in [6.07, 6.45) is -1.94. The Morgan fingerprint density at radius 2 is 2.07 bits per heavy atom.